The van der Waals surface area contributed by atoms with Gasteiger partial charge in [0.25, 0.3) is 0 Å². The minimum Gasteiger partial charge on any atom is -0.465 e. The number of benzene rings is 1. The third-order valence-corrected chi connectivity index (χ3v) is 4.14. The lowest BCUT2D eigenvalue weighted by molar-refractivity contribution is 0.0188. The van der Waals surface area contributed by atoms with E-state index in [0.29, 0.717) is 30.5 Å². The lowest BCUT2D eigenvalue weighted by atomic mass is 9.93. The van der Waals surface area contributed by atoms with Crippen LogP contribution in [0.5, 0.6) is 0 Å². The van der Waals surface area contributed by atoms with E-state index in [2.05, 4.69) is 15.4 Å². The molecule has 1 fully saturated rings. The fourth-order valence-electron chi connectivity index (χ4n) is 2.83. The van der Waals surface area contributed by atoms with Gasteiger partial charge in [0.1, 0.15) is 6.10 Å². The Hall–Kier alpha value is -2.57. The molecule has 0 spiro atoms. The molecule has 0 unspecified atom stereocenters. The minimum atomic E-state index is -0.494. The number of rotatable bonds is 5. The number of methoxy groups -OCH3 is 1. The van der Waals surface area contributed by atoms with Crippen molar-refractivity contribution >= 4 is 18.0 Å². The molecule has 0 aliphatic heterocycles. The second kappa shape index (κ2) is 9.05. The number of ether oxygens (including phenoxy) is 2. The molecule has 1 aliphatic rings. The number of amides is 2. The molecule has 1 aliphatic carbocycles. The van der Waals surface area contributed by atoms with Gasteiger partial charge in [0.2, 0.25) is 0 Å². The maximum absolute atomic E-state index is 12.3. The molecule has 0 aromatic heterocycles. The summed E-state index contributed by atoms with van der Waals surface area (Å²) in [6, 6.07) is 6.22. The van der Waals surface area contributed by atoms with Gasteiger partial charge in [-0.1, -0.05) is 6.07 Å². The summed E-state index contributed by atoms with van der Waals surface area (Å²) < 4.78 is 10.2. The second-order valence-corrected chi connectivity index (χ2v) is 5.96. The molecule has 0 atom stereocenters. The molecule has 0 saturated heterocycles. The summed E-state index contributed by atoms with van der Waals surface area (Å²) >= 11 is 0. The maximum atomic E-state index is 12.3. The van der Waals surface area contributed by atoms with Gasteiger partial charge >= 0.3 is 18.0 Å². The van der Waals surface area contributed by atoms with Crippen LogP contribution in [0.3, 0.4) is 0 Å². The number of hydrogen-bond acceptors (Lipinski definition) is 5. The average molecular weight is 348 g/mol. The van der Waals surface area contributed by atoms with Gasteiger partial charge in [-0.3, -0.25) is 0 Å². The average Bonchev–Trinajstić information content (AvgIpc) is 2.63. The molecule has 1 aromatic carbocycles. The van der Waals surface area contributed by atoms with E-state index in [1.54, 1.807) is 18.2 Å². The Morgan fingerprint density at radius 2 is 1.72 bits per heavy atom. The highest BCUT2D eigenvalue weighted by Gasteiger charge is 2.25. The third kappa shape index (κ3) is 5.48. The van der Waals surface area contributed by atoms with E-state index in [4.69, 9.17) is 4.74 Å². The lowest BCUT2D eigenvalue weighted by Gasteiger charge is -2.28. The zero-order valence-corrected chi connectivity index (χ0v) is 14.5. The predicted octanol–water partition coefficient (Wildman–Crippen LogP) is 2.26. The van der Waals surface area contributed by atoms with Gasteiger partial charge in [-0.25, -0.2) is 14.4 Å². The molecule has 7 nitrogen and oxygen atoms in total. The first-order chi connectivity index (χ1) is 12.0. The van der Waals surface area contributed by atoms with Crippen LogP contribution in [0.15, 0.2) is 24.3 Å². The van der Waals surface area contributed by atoms with Gasteiger partial charge in [0, 0.05) is 12.6 Å². The van der Waals surface area contributed by atoms with E-state index in [1.807, 2.05) is 6.92 Å². The summed E-state index contributed by atoms with van der Waals surface area (Å²) in [7, 11) is 1.29. The van der Waals surface area contributed by atoms with Crippen LogP contribution in [0.2, 0.25) is 0 Å². The Morgan fingerprint density at radius 1 is 1.08 bits per heavy atom. The summed E-state index contributed by atoms with van der Waals surface area (Å²) in [6.45, 7) is 2.45. The standard InChI is InChI=1S/C18H24N2O5/c1-3-19-18(23)20-14-7-9-15(10-8-14)25-17(22)13-6-4-5-12(11-13)16(21)24-2/h4-6,11,14-15H,3,7-10H2,1-2H3,(H2,19,20,23). The summed E-state index contributed by atoms with van der Waals surface area (Å²) in [5.41, 5.74) is 0.636. The third-order valence-electron chi connectivity index (χ3n) is 4.14. The molecule has 0 heterocycles. The van der Waals surface area contributed by atoms with E-state index >= 15 is 0 Å². The smallest absolute Gasteiger partial charge is 0.338 e. The quantitative estimate of drug-likeness (QED) is 0.796. The molecule has 7 heteroatoms. The van der Waals surface area contributed by atoms with Crippen molar-refractivity contribution in [3.8, 4) is 0 Å². The van der Waals surface area contributed by atoms with E-state index in [-0.39, 0.29) is 18.2 Å². The first kappa shape index (κ1) is 18.8. The van der Waals surface area contributed by atoms with E-state index in [1.165, 1.54) is 13.2 Å². The monoisotopic (exact) mass is 348 g/mol. The molecular formula is C18H24N2O5. The van der Waals surface area contributed by atoms with Crippen LogP contribution in [0.1, 0.15) is 53.3 Å². The molecule has 2 N–H and O–H groups in total. The van der Waals surface area contributed by atoms with Crippen LogP contribution in [-0.2, 0) is 9.47 Å². The molecule has 2 amide bonds. The van der Waals surface area contributed by atoms with Gasteiger partial charge in [0.15, 0.2) is 0 Å². The van der Waals surface area contributed by atoms with Crippen molar-refractivity contribution in [2.75, 3.05) is 13.7 Å². The molecule has 0 bridgehead atoms. The molecule has 25 heavy (non-hydrogen) atoms. The normalized spacial score (nSPS) is 19.6. The van der Waals surface area contributed by atoms with Crippen molar-refractivity contribution in [2.24, 2.45) is 0 Å². The summed E-state index contributed by atoms with van der Waals surface area (Å²) in [6.07, 6.45) is 2.73. The Balaban J connectivity index is 1.84. The molecule has 0 radical (unpaired) electrons. The van der Waals surface area contributed by atoms with Crippen molar-refractivity contribution in [1.82, 2.24) is 10.6 Å². The van der Waals surface area contributed by atoms with Crippen LogP contribution >= 0.6 is 0 Å². The van der Waals surface area contributed by atoms with Gasteiger partial charge < -0.3 is 20.1 Å². The zero-order chi connectivity index (χ0) is 18.2. The SMILES string of the molecule is CCNC(=O)NC1CCC(OC(=O)c2cccc(C(=O)OC)c2)CC1. The Bertz CT molecular complexity index is 624. The van der Waals surface area contributed by atoms with Crippen molar-refractivity contribution in [1.29, 1.82) is 0 Å². The Labute approximate surface area is 147 Å². The summed E-state index contributed by atoms with van der Waals surface area (Å²) in [5.74, 6) is -0.947. The van der Waals surface area contributed by atoms with Crippen LogP contribution in [0.4, 0.5) is 4.79 Å². The second-order valence-electron chi connectivity index (χ2n) is 5.96. The van der Waals surface area contributed by atoms with Gasteiger partial charge in [0.05, 0.1) is 18.2 Å². The van der Waals surface area contributed by atoms with Crippen molar-refractivity contribution in [3.05, 3.63) is 35.4 Å². The first-order valence-electron chi connectivity index (χ1n) is 8.47. The number of hydrogen-bond donors (Lipinski definition) is 2. The topological polar surface area (TPSA) is 93.7 Å². The molecule has 136 valence electrons. The predicted molar refractivity (Wildman–Crippen MR) is 91.4 cm³/mol. The minimum absolute atomic E-state index is 0.101. The van der Waals surface area contributed by atoms with Crippen molar-refractivity contribution in [2.45, 2.75) is 44.8 Å². The van der Waals surface area contributed by atoms with Crippen molar-refractivity contribution < 1.29 is 23.9 Å². The van der Waals surface area contributed by atoms with Gasteiger partial charge in [-0.15, -0.1) is 0 Å². The van der Waals surface area contributed by atoms with Crippen LogP contribution in [0.25, 0.3) is 0 Å². The van der Waals surface area contributed by atoms with Crippen LogP contribution in [-0.4, -0.2) is 43.8 Å². The number of urea groups is 1. The maximum Gasteiger partial charge on any atom is 0.338 e. The van der Waals surface area contributed by atoms with Gasteiger partial charge in [-0.05, 0) is 50.8 Å². The number of nitrogens with one attached hydrogen (secondary N) is 2. The number of carbonyl (C=O) groups is 3. The lowest BCUT2D eigenvalue weighted by Crippen LogP contribution is -2.44. The largest absolute Gasteiger partial charge is 0.465 e. The molecule has 2 rings (SSSR count). The highest BCUT2D eigenvalue weighted by atomic mass is 16.5. The number of carbonyl (C=O) groups excluding carboxylic acids is 3. The Morgan fingerprint density at radius 3 is 2.32 bits per heavy atom. The molecule has 1 aromatic rings. The van der Waals surface area contributed by atoms with Gasteiger partial charge in [-0.2, -0.15) is 0 Å². The van der Waals surface area contributed by atoms with E-state index in [9.17, 15) is 14.4 Å². The zero-order valence-electron chi connectivity index (χ0n) is 14.5. The molecular weight excluding hydrogens is 324 g/mol. The highest BCUT2D eigenvalue weighted by molar-refractivity contribution is 5.95. The Kier molecular flexibility index (Phi) is 6.80. The fourth-order valence-corrected chi connectivity index (χ4v) is 2.83. The van der Waals surface area contributed by atoms with Crippen molar-refractivity contribution in [3.63, 3.8) is 0 Å². The van der Waals surface area contributed by atoms with Crippen LogP contribution in [0, 0.1) is 0 Å². The fraction of sp³-hybridized carbons (Fsp3) is 0.500. The highest BCUT2D eigenvalue weighted by Crippen LogP contribution is 2.22. The summed E-state index contributed by atoms with van der Waals surface area (Å²) in [5, 5.41) is 5.61. The summed E-state index contributed by atoms with van der Waals surface area (Å²) in [4.78, 5) is 35.3. The van der Waals surface area contributed by atoms with Crippen LogP contribution < -0.4 is 10.6 Å². The number of esters is 2. The first-order valence-corrected chi connectivity index (χ1v) is 8.47. The van der Waals surface area contributed by atoms with E-state index in [0.717, 1.165) is 12.8 Å². The van der Waals surface area contributed by atoms with E-state index < -0.39 is 11.9 Å². The molecule has 1 saturated carbocycles.